The Balaban J connectivity index is 1.50. The molecule has 4 nitrogen and oxygen atoms in total. The van der Waals surface area contributed by atoms with Gasteiger partial charge in [-0.1, -0.05) is 66.7 Å². The van der Waals surface area contributed by atoms with Crippen LogP contribution in [-0.2, 0) is 5.75 Å². The van der Waals surface area contributed by atoms with E-state index in [0.29, 0.717) is 0 Å². The van der Waals surface area contributed by atoms with Crippen LogP contribution in [0.3, 0.4) is 0 Å². The molecule has 1 aromatic heterocycles. The molecule has 4 aromatic carbocycles. The van der Waals surface area contributed by atoms with Crippen LogP contribution >= 0.6 is 11.8 Å². The van der Waals surface area contributed by atoms with Gasteiger partial charge in [-0.15, -0.1) is 11.8 Å². The molecule has 5 aromatic rings. The molecule has 0 radical (unpaired) electrons. The number of aryl methyl sites for hydroxylation is 1. The highest BCUT2D eigenvalue weighted by atomic mass is 32.2. The topological polar surface area (TPSA) is 53.1 Å². The summed E-state index contributed by atoms with van der Waals surface area (Å²) in [6.45, 7) is 2.03. The first kappa shape index (κ1) is 22.8. The van der Waals surface area contributed by atoms with Crippen LogP contribution in [-0.4, -0.2) is 16.9 Å². The number of hydrogen-bond donors (Lipinski definition) is 1. The molecule has 1 heterocycles. The molecule has 0 unspecified atom stereocenters. The average molecular weight is 478 g/mol. The third-order valence-corrected chi connectivity index (χ3v) is 7.05. The number of methoxy groups -OCH3 is 1. The number of hydrogen-bond acceptors (Lipinski definition) is 4. The Morgan fingerprint density at radius 2 is 1.57 bits per heavy atom. The van der Waals surface area contributed by atoms with Crippen molar-refractivity contribution in [1.29, 1.82) is 0 Å². The highest BCUT2D eigenvalue weighted by Gasteiger charge is 2.15. The molecule has 0 saturated carbocycles. The Morgan fingerprint density at radius 1 is 0.829 bits per heavy atom. The zero-order chi connectivity index (χ0) is 24.2. The lowest BCUT2D eigenvalue weighted by Gasteiger charge is -2.15. The predicted molar refractivity (Wildman–Crippen MR) is 146 cm³/mol. The van der Waals surface area contributed by atoms with Crippen LogP contribution < -0.4 is 10.5 Å². The van der Waals surface area contributed by atoms with Crippen molar-refractivity contribution in [2.24, 2.45) is 0 Å². The molecule has 0 amide bonds. The summed E-state index contributed by atoms with van der Waals surface area (Å²) >= 11 is 1.74. The van der Waals surface area contributed by atoms with E-state index < -0.39 is 0 Å². The third-order valence-electron chi connectivity index (χ3n) is 5.91. The van der Waals surface area contributed by atoms with Crippen LogP contribution in [0.4, 0.5) is 5.69 Å². The van der Waals surface area contributed by atoms with E-state index in [9.17, 15) is 0 Å². The van der Waals surface area contributed by atoms with E-state index in [1.54, 1.807) is 18.9 Å². The Hall–Kier alpha value is -3.96. The van der Waals surface area contributed by atoms with Crippen LogP contribution in [0.15, 0.2) is 108 Å². The molecule has 0 aliphatic carbocycles. The fourth-order valence-corrected chi connectivity index (χ4v) is 5.07. The van der Waals surface area contributed by atoms with Crippen LogP contribution in [0.5, 0.6) is 5.75 Å². The van der Waals surface area contributed by atoms with Crippen LogP contribution in [0.1, 0.15) is 11.3 Å². The maximum Gasteiger partial charge on any atom is 0.118 e. The zero-order valence-corrected chi connectivity index (χ0v) is 20.6. The second-order valence-electron chi connectivity index (χ2n) is 8.36. The summed E-state index contributed by atoms with van der Waals surface area (Å²) in [7, 11) is 1.68. The number of benzene rings is 4. The molecule has 5 rings (SSSR count). The van der Waals surface area contributed by atoms with Crippen molar-refractivity contribution in [3.05, 3.63) is 114 Å². The number of anilines is 1. The smallest absolute Gasteiger partial charge is 0.118 e. The van der Waals surface area contributed by atoms with Gasteiger partial charge in [0.15, 0.2) is 0 Å². The molecule has 2 N–H and O–H groups in total. The number of nitrogens with two attached hydrogens (primary N) is 1. The number of thioether (sulfide) groups is 1. The molecule has 35 heavy (non-hydrogen) atoms. The van der Waals surface area contributed by atoms with Gasteiger partial charge in [0.25, 0.3) is 0 Å². The standard InChI is InChI=1S/C30H27N3OS/c1-21-18-29(23-8-4-3-5-9-23)33(32-21)28-11-7-6-10-26(28)24-14-17-27(31)30(19-24)35-20-22-12-15-25(34-2)16-13-22/h3-19H,20,31H2,1-2H3. The average Bonchev–Trinajstić information content (AvgIpc) is 3.30. The SMILES string of the molecule is COc1ccc(CSc2cc(-c3ccccc3-n3nc(C)cc3-c3ccccc3)ccc2N)cc1. The third kappa shape index (κ3) is 4.96. The monoisotopic (exact) mass is 477 g/mol. The zero-order valence-electron chi connectivity index (χ0n) is 19.8. The van der Waals surface area contributed by atoms with Crippen LogP contribution in [0.25, 0.3) is 28.1 Å². The molecule has 0 saturated heterocycles. The normalized spacial score (nSPS) is 10.9. The van der Waals surface area contributed by atoms with Gasteiger partial charge in [-0.2, -0.15) is 5.10 Å². The quantitative estimate of drug-likeness (QED) is 0.196. The van der Waals surface area contributed by atoms with Gasteiger partial charge < -0.3 is 10.5 Å². The summed E-state index contributed by atoms with van der Waals surface area (Å²) in [5.41, 5.74) is 14.8. The van der Waals surface area contributed by atoms with Gasteiger partial charge in [-0.25, -0.2) is 4.68 Å². The van der Waals surface area contributed by atoms with E-state index >= 15 is 0 Å². The van der Waals surface area contributed by atoms with E-state index in [1.165, 1.54) is 5.56 Å². The molecule has 174 valence electrons. The summed E-state index contributed by atoms with van der Waals surface area (Å²) in [6, 6.07) is 35.3. The summed E-state index contributed by atoms with van der Waals surface area (Å²) in [4.78, 5) is 1.06. The Morgan fingerprint density at radius 3 is 2.34 bits per heavy atom. The number of para-hydroxylation sites is 1. The lowest BCUT2D eigenvalue weighted by atomic mass is 10.0. The summed E-state index contributed by atoms with van der Waals surface area (Å²) in [5.74, 6) is 1.69. The van der Waals surface area contributed by atoms with Crippen molar-refractivity contribution in [2.75, 3.05) is 12.8 Å². The fourth-order valence-electron chi connectivity index (χ4n) is 4.11. The molecule has 0 aliphatic heterocycles. The van der Waals surface area contributed by atoms with Gasteiger partial charge in [0.2, 0.25) is 0 Å². The lowest BCUT2D eigenvalue weighted by Crippen LogP contribution is -2.02. The second kappa shape index (κ2) is 10.1. The van der Waals surface area contributed by atoms with Crippen molar-refractivity contribution in [3.63, 3.8) is 0 Å². The largest absolute Gasteiger partial charge is 0.497 e. The number of nitrogens with zero attached hydrogens (tertiary/aromatic N) is 2. The molecular formula is C30H27N3OS. The minimum Gasteiger partial charge on any atom is -0.497 e. The van der Waals surface area contributed by atoms with E-state index in [0.717, 1.165) is 55.9 Å². The van der Waals surface area contributed by atoms with Crippen molar-refractivity contribution in [2.45, 2.75) is 17.6 Å². The van der Waals surface area contributed by atoms with E-state index in [4.69, 9.17) is 15.6 Å². The van der Waals surface area contributed by atoms with Crippen molar-refractivity contribution < 1.29 is 4.74 Å². The summed E-state index contributed by atoms with van der Waals surface area (Å²) in [6.07, 6.45) is 0. The van der Waals surface area contributed by atoms with Crippen molar-refractivity contribution >= 4 is 17.4 Å². The predicted octanol–water partition coefficient (Wildman–Crippen LogP) is 7.40. The highest BCUT2D eigenvalue weighted by molar-refractivity contribution is 7.98. The van der Waals surface area contributed by atoms with Gasteiger partial charge in [-0.05, 0) is 54.4 Å². The molecule has 0 aliphatic rings. The number of aromatic nitrogens is 2. The van der Waals surface area contributed by atoms with Gasteiger partial charge in [0.1, 0.15) is 5.75 Å². The number of rotatable bonds is 7. The van der Waals surface area contributed by atoms with Crippen LogP contribution in [0.2, 0.25) is 0 Å². The minimum absolute atomic E-state index is 0.782. The fraction of sp³-hybridized carbons (Fsp3) is 0.100. The van der Waals surface area contributed by atoms with Crippen molar-refractivity contribution in [1.82, 2.24) is 9.78 Å². The maximum absolute atomic E-state index is 6.37. The van der Waals surface area contributed by atoms with Gasteiger partial charge >= 0.3 is 0 Å². The molecule has 0 bridgehead atoms. The van der Waals surface area contributed by atoms with Gasteiger partial charge in [0, 0.05) is 27.5 Å². The second-order valence-corrected chi connectivity index (χ2v) is 9.37. The lowest BCUT2D eigenvalue weighted by molar-refractivity contribution is 0.414. The van der Waals surface area contributed by atoms with E-state index in [-0.39, 0.29) is 0 Å². The Labute approximate surface area is 210 Å². The summed E-state index contributed by atoms with van der Waals surface area (Å²) in [5, 5.41) is 4.85. The Bertz CT molecular complexity index is 1440. The first-order chi connectivity index (χ1) is 17.1. The minimum atomic E-state index is 0.782. The van der Waals surface area contributed by atoms with E-state index in [2.05, 4.69) is 78.9 Å². The maximum atomic E-state index is 6.37. The summed E-state index contributed by atoms with van der Waals surface area (Å²) < 4.78 is 7.31. The molecule has 0 spiro atoms. The van der Waals surface area contributed by atoms with Gasteiger partial charge in [0.05, 0.1) is 24.2 Å². The number of nitrogen functional groups attached to an aromatic ring is 1. The van der Waals surface area contributed by atoms with Crippen molar-refractivity contribution in [3.8, 4) is 33.8 Å². The first-order valence-corrected chi connectivity index (χ1v) is 12.5. The van der Waals surface area contributed by atoms with E-state index in [1.807, 2.05) is 35.9 Å². The highest BCUT2D eigenvalue weighted by Crippen LogP contribution is 2.36. The molecule has 0 atom stereocenters. The molecule has 0 fully saturated rings. The first-order valence-electron chi connectivity index (χ1n) is 11.5. The molecular weight excluding hydrogens is 450 g/mol. The Kier molecular flexibility index (Phi) is 6.59. The van der Waals surface area contributed by atoms with Gasteiger partial charge in [-0.3, -0.25) is 0 Å². The number of ether oxygens (including phenoxy) is 1. The van der Waals surface area contributed by atoms with Crippen LogP contribution in [0, 0.1) is 6.92 Å². The molecule has 5 heteroatoms.